The number of aromatic nitrogens is 4. The first-order chi connectivity index (χ1) is 13.2. The van der Waals surface area contributed by atoms with Crippen molar-refractivity contribution < 1.29 is 4.79 Å². The van der Waals surface area contributed by atoms with Crippen molar-refractivity contribution in [2.24, 2.45) is 0 Å². The maximum absolute atomic E-state index is 13.3. The van der Waals surface area contributed by atoms with Crippen molar-refractivity contribution in [3.8, 4) is 17.1 Å². The van der Waals surface area contributed by atoms with Gasteiger partial charge < -0.3 is 4.90 Å². The third kappa shape index (κ3) is 3.32. The second kappa shape index (κ2) is 7.48. The van der Waals surface area contributed by atoms with Crippen LogP contribution < -0.4 is 0 Å². The molecule has 1 aromatic carbocycles. The standard InChI is InChI=1S/C20H20ClN5O/c1-14-8-5-7-13-25(14)20(27)18-19(16-10-4-6-12-22-16)26(24-23-18)17-11-3-2-9-15(17)21/h2-4,6,9-12,14H,5,7-8,13H2,1H3. The van der Waals surface area contributed by atoms with Gasteiger partial charge in [-0.15, -0.1) is 5.10 Å². The Kier molecular flexibility index (Phi) is 4.90. The molecular weight excluding hydrogens is 362 g/mol. The van der Waals surface area contributed by atoms with E-state index >= 15 is 0 Å². The Bertz CT molecular complexity index is 956. The van der Waals surface area contributed by atoms with Gasteiger partial charge in [-0.2, -0.15) is 0 Å². The van der Waals surface area contributed by atoms with Gasteiger partial charge in [0.05, 0.1) is 16.4 Å². The summed E-state index contributed by atoms with van der Waals surface area (Å²) >= 11 is 6.37. The number of carbonyl (C=O) groups is 1. The van der Waals surface area contributed by atoms with E-state index in [1.54, 1.807) is 16.9 Å². The number of carbonyl (C=O) groups excluding carboxylic acids is 1. The number of likely N-dealkylation sites (tertiary alicyclic amines) is 1. The van der Waals surface area contributed by atoms with Crippen molar-refractivity contribution in [3.63, 3.8) is 0 Å². The van der Waals surface area contributed by atoms with Gasteiger partial charge in [0.25, 0.3) is 5.91 Å². The number of piperidine rings is 1. The Morgan fingerprint density at radius 1 is 1.15 bits per heavy atom. The highest BCUT2D eigenvalue weighted by atomic mass is 35.5. The highest BCUT2D eigenvalue weighted by Gasteiger charge is 2.31. The average Bonchev–Trinajstić information content (AvgIpc) is 3.14. The van der Waals surface area contributed by atoms with Gasteiger partial charge >= 0.3 is 0 Å². The lowest BCUT2D eigenvalue weighted by molar-refractivity contribution is 0.0630. The molecular formula is C20H20ClN5O. The second-order valence-electron chi connectivity index (χ2n) is 6.71. The number of hydrogen-bond donors (Lipinski definition) is 0. The van der Waals surface area contributed by atoms with Crippen LogP contribution in [0.15, 0.2) is 48.7 Å². The number of halogens is 1. The summed E-state index contributed by atoms with van der Waals surface area (Å²) in [6, 6.07) is 13.1. The van der Waals surface area contributed by atoms with Crippen LogP contribution in [0.1, 0.15) is 36.7 Å². The van der Waals surface area contributed by atoms with Crippen LogP contribution in [0.2, 0.25) is 5.02 Å². The first kappa shape index (κ1) is 17.7. The van der Waals surface area contributed by atoms with E-state index in [9.17, 15) is 4.79 Å². The van der Waals surface area contributed by atoms with E-state index in [1.807, 2.05) is 41.3 Å². The summed E-state index contributed by atoms with van der Waals surface area (Å²) in [5.41, 5.74) is 2.17. The molecule has 0 saturated carbocycles. The first-order valence-electron chi connectivity index (χ1n) is 9.10. The van der Waals surface area contributed by atoms with Crippen LogP contribution in [0.4, 0.5) is 0 Å². The Hall–Kier alpha value is -2.73. The lowest BCUT2D eigenvalue weighted by atomic mass is 10.0. The summed E-state index contributed by atoms with van der Waals surface area (Å²) in [7, 11) is 0. The monoisotopic (exact) mass is 381 g/mol. The zero-order chi connectivity index (χ0) is 18.8. The number of amides is 1. The molecule has 0 spiro atoms. The molecule has 27 heavy (non-hydrogen) atoms. The molecule has 1 aliphatic heterocycles. The fourth-order valence-electron chi connectivity index (χ4n) is 3.49. The minimum atomic E-state index is -0.110. The molecule has 3 aromatic rings. The Morgan fingerprint density at radius 3 is 2.70 bits per heavy atom. The van der Waals surface area contributed by atoms with Crippen molar-refractivity contribution in [2.75, 3.05) is 6.54 Å². The van der Waals surface area contributed by atoms with E-state index in [-0.39, 0.29) is 11.9 Å². The molecule has 138 valence electrons. The number of rotatable bonds is 3. The normalized spacial score (nSPS) is 17.1. The van der Waals surface area contributed by atoms with Crippen LogP contribution in [0, 0.1) is 0 Å². The molecule has 7 heteroatoms. The van der Waals surface area contributed by atoms with Gasteiger partial charge in [0.1, 0.15) is 5.69 Å². The molecule has 3 heterocycles. The van der Waals surface area contributed by atoms with Crippen molar-refractivity contribution in [1.29, 1.82) is 0 Å². The van der Waals surface area contributed by atoms with Crippen molar-refractivity contribution in [2.45, 2.75) is 32.2 Å². The molecule has 0 aliphatic carbocycles. The Labute approximate surface area is 162 Å². The summed E-state index contributed by atoms with van der Waals surface area (Å²) in [6.45, 7) is 2.82. The number of hydrogen-bond acceptors (Lipinski definition) is 4. The van der Waals surface area contributed by atoms with Gasteiger partial charge in [0.15, 0.2) is 5.69 Å². The van der Waals surface area contributed by atoms with Crippen LogP contribution in [0.5, 0.6) is 0 Å². The molecule has 6 nitrogen and oxygen atoms in total. The van der Waals surface area contributed by atoms with Crippen molar-refractivity contribution >= 4 is 17.5 Å². The Morgan fingerprint density at radius 2 is 1.96 bits per heavy atom. The maximum atomic E-state index is 13.3. The van der Waals surface area contributed by atoms with Crippen LogP contribution in [-0.2, 0) is 0 Å². The van der Waals surface area contributed by atoms with E-state index in [4.69, 9.17) is 11.6 Å². The second-order valence-corrected chi connectivity index (χ2v) is 7.12. The molecule has 0 radical (unpaired) electrons. The van der Waals surface area contributed by atoms with E-state index in [2.05, 4.69) is 22.2 Å². The van der Waals surface area contributed by atoms with E-state index in [1.165, 1.54) is 0 Å². The lowest BCUT2D eigenvalue weighted by Crippen LogP contribution is -2.42. The Balaban J connectivity index is 1.86. The summed E-state index contributed by atoms with van der Waals surface area (Å²) in [5, 5.41) is 9.03. The van der Waals surface area contributed by atoms with E-state index in [0.29, 0.717) is 27.8 Å². The predicted octanol–water partition coefficient (Wildman–Crippen LogP) is 4.00. The molecule has 2 aromatic heterocycles. The lowest BCUT2D eigenvalue weighted by Gasteiger charge is -2.33. The average molecular weight is 382 g/mol. The summed E-state index contributed by atoms with van der Waals surface area (Å²) in [6.07, 6.45) is 4.85. The van der Waals surface area contributed by atoms with Crippen LogP contribution in [0.25, 0.3) is 17.1 Å². The highest BCUT2D eigenvalue weighted by molar-refractivity contribution is 6.32. The van der Waals surface area contributed by atoms with Gasteiger partial charge in [0.2, 0.25) is 0 Å². The van der Waals surface area contributed by atoms with Gasteiger partial charge in [-0.1, -0.05) is 35.0 Å². The largest absolute Gasteiger partial charge is 0.334 e. The van der Waals surface area contributed by atoms with E-state index in [0.717, 1.165) is 25.8 Å². The minimum absolute atomic E-state index is 0.110. The number of benzene rings is 1. The molecule has 1 unspecified atom stereocenters. The number of pyridine rings is 1. The van der Waals surface area contributed by atoms with E-state index < -0.39 is 0 Å². The van der Waals surface area contributed by atoms with Crippen molar-refractivity contribution in [1.82, 2.24) is 24.9 Å². The third-order valence-electron chi connectivity index (χ3n) is 4.92. The fourth-order valence-corrected chi connectivity index (χ4v) is 3.70. The SMILES string of the molecule is CC1CCCCN1C(=O)c1nnn(-c2ccccc2Cl)c1-c1ccccn1. The molecule has 4 rings (SSSR count). The fraction of sp³-hybridized carbons (Fsp3) is 0.300. The molecule has 1 amide bonds. The van der Waals surface area contributed by atoms with Gasteiger partial charge in [0, 0.05) is 18.8 Å². The zero-order valence-corrected chi connectivity index (χ0v) is 15.8. The molecule has 0 N–H and O–H groups in total. The van der Waals surface area contributed by atoms with Gasteiger partial charge in [-0.25, -0.2) is 4.68 Å². The predicted molar refractivity (Wildman–Crippen MR) is 104 cm³/mol. The molecule has 1 saturated heterocycles. The maximum Gasteiger partial charge on any atom is 0.277 e. The summed E-state index contributed by atoms with van der Waals surface area (Å²) in [4.78, 5) is 19.6. The summed E-state index contributed by atoms with van der Waals surface area (Å²) < 4.78 is 1.60. The smallest absolute Gasteiger partial charge is 0.277 e. The summed E-state index contributed by atoms with van der Waals surface area (Å²) in [5.74, 6) is -0.110. The minimum Gasteiger partial charge on any atom is -0.334 e. The molecule has 1 atom stereocenters. The highest BCUT2D eigenvalue weighted by Crippen LogP contribution is 2.29. The van der Waals surface area contributed by atoms with Crippen molar-refractivity contribution in [3.05, 3.63) is 59.4 Å². The molecule has 1 fully saturated rings. The van der Waals surface area contributed by atoms with Crippen LogP contribution in [-0.4, -0.2) is 43.4 Å². The third-order valence-corrected chi connectivity index (χ3v) is 5.24. The van der Waals surface area contributed by atoms with Gasteiger partial charge in [-0.05, 0) is 50.5 Å². The zero-order valence-electron chi connectivity index (χ0n) is 15.0. The van der Waals surface area contributed by atoms with Gasteiger partial charge in [-0.3, -0.25) is 9.78 Å². The number of para-hydroxylation sites is 1. The molecule has 0 bridgehead atoms. The number of nitrogens with zero attached hydrogens (tertiary/aromatic N) is 5. The van der Waals surface area contributed by atoms with Crippen LogP contribution in [0.3, 0.4) is 0 Å². The first-order valence-corrected chi connectivity index (χ1v) is 9.47. The molecule has 1 aliphatic rings. The quantitative estimate of drug-likeness (QED) is 0.688. The van der Waals surface area contributed by atoms with Crippen LogP contribution >= 0.6 is 11.6 Å². The topological polar surface area (TPSA) is 63.9 Å².